The number of nitrogens with one attached hydrogen (secondary N) is 2. The molecule has 0 spiro atoms. The lowest BCUT2D eigenvalue weighted by Gasteiger charge is -2.27. The Kier molecular flexibility index (Phi) is 4.44. The van der Waals surface area contributed by atoms with Gasteiger partial charge in [0.25, 0.3) is 0 Å². The molecular formula is C22H22N2O3. The molecule has 5 nitrogen and oxygen atoms in total. The highest BCUT2D eigenvalue weighted by Gasteiger charge is 2.45. The van der Waals surface area contributed by atoms with Crippen LogP contribution < -0.4 is 5.32 Å². The van der Waals surface area contributed by atoms with Crippen molar-refractivity contribution in [1.29, 1.82) is 0 Å². The van der Waals surface area contributed by atoms with Crippen molar-refractivity contribution in [2.75, 3.05) is 7.11 Å². The summed E-state index contributed by atoms with van der Waals surface area (Å²) in [7, 11) is 1.37. The van der Waals surface area contributed by atoms with Gasteiger partial charge in [-0.25, -0.2) is 4.79 Å². The average Bonchev–Trinajstić information content (AvgIpc) is 3.27. The van der Waals surface area contributed by atoms with Gasteiger partial charge in [-0.3, -0.25) is 4.79 Å². The van der Waals surface area contributed by atoms with E-state index in [1.165, 1.54) is 7.11 Å². The summed E-state index contributed by atoms with van der Waals surface area (Å²) in [5.41, 5.74) is 3.32. The maximum atomic E-state index is 12.7. The van der Waals surface area contributed by atoms with Crippen LogP contribution in [0.3, 0.4) is 0 Å². The van der Waals surface area contributed by atoms with E-state index >= 15 is 0 Å². The fourth-order valence-electron chi connectivity index (χ4n) is 4.01. The monoisotopic (exact) mass is 362 g/mol. The number of carbonyl (C=O) groups is 2. The first-order valence-corrected chi connectivity index (χ1v) is 9.12. The Morgan fingerprint density at radius 2 is 1.74 bits per heavy atom. The number of aromatic nitrogens is 1. The molecule has 0 radical (unpaired) electrons. The number of hydrogen-bond donors (Lipinski definition) is 2. The number of para-hydroxylation sites is 1. The van der Waals surface area contributed by atoms with Crippen LogP contribution in [0.15, 0.2) is 54.7 Å². The Bertz CT molecular complexity index is 980. The molecule has 1 amide bonds. The van der Waals surface area contributed by atoms with E-state index in [-0.39, 0.29) is 11.9 Å². The van der Waals surface area contributed by atoms with Gasteiger partial charge in [-0.2, -0.15) is 0 Å². The van der Waals surface area contributed by atoms with Gasteiger partial charge in [0.15, 0.2) is 0 Å². The first-order valence-electron chi connectivity index (χ1n) is 9.12. The number of esters is 1. The summed E-state index contributed by atoms with van der Waals surface area (Å²) in [6.07, 6.45) is 3.81. The van der Waals surface area contributed by atoms with E-state index in [2.05, 4.69) is 10.3 Å². The van der Waals surface area contributed by atoms with Crippen LogP contribution in [0.1, 0.15) is 23.1 Å². The average molecular weight is 362 g/mol. The van der Waals surface area contributed by atoms with Gasteiger partial charge in [0.05, 0.1) is 7.11 Å². The summed E-state index contributed by atoms with van der Waals surface area (Å²) in [4.78, 5) is 28.4. The SMILES string of the molecule is COC(=O)C1(NC(=O)CCc2c[nH]c3ccccc23)Cc2ccccc2C1. The van der Waals surface area contributed by atoms with Crippen LogP contribution in [-0.4, -0.2) is 29.5 Å². The summed E-state index contributed by atoms with van der Waals surface area (Å²) < 4.78 is 5.02. The molecule has 0 atom stereocenters. The Balaban J connectivity index is 1.48. The summed E-state index contributed by atoms with van der Waals surface area (Å²) in [5.74, 6) is -0.530. The maximum absolute atomic E-state index is 12.7. The molecule has 0 bridgehead atoms. The number of aryl methyl sites for hydroxylation is 1. The van der Waals surface area contributed by atoms with Crippen LogP contribution in [0.4, 0.5) is 0 Å². The van der Waals surface area contributed by atoms with Gasteiger partial charge in [-0.15, -0.1) is 0 Å². The van der Waals surface area contributed by atoms with Gasteiger partial charge in [-0.1, -0.05) is 42.5 Å². The largest absolute Gasteiger partial charge is 0.467 e. The van der Waals surface area contributed by atoms with Crippen LogP contribution in [0.5, 0.6) is 0 Å². The van der Waals surface area contributed by atoms with Gasteiger partial charge >= 0.3 is 5.97 Å². The molecule has 3 aromatic rings. The van der Waals surface area contributed by atoms with Crippen molar-refractivity contribution < 1.29 is 14.3 Å². The molecule has 1 aliphatic rings. The second kappa shape index (κ2) is 6.91. The maximum Gasteiger partial charge on any atom is 0.332 e. The lowest BCUT2D eigenvalue weighted by Crippen LogP contribution is -2.56. The number of H-pyrrole nitrogens is 1. The molecule has 2 N–H and O–H groups in total. The molecule has 4 rings (SSSR count). The van der Waals surface area contributed by atoms with Crippen LogP contribution >= 0.6 is 0 Å². The first kappa shape index (κ1) is 17.3. The third-order valence-electron chi connectivity index (χ3n) is 5.35. The van der Waals surface area contributed by atoms with Crippen molar-refractivity contribution in [3.8, 4) is 0 Å². The number of carbonyl (C=O) groups excluding carboxylic acids is 2. The number of benzene rings is 2. The van der Waals surface area contributed by atoms with Crippen molar-refractivity contribution >= 4 is 22.8 Å². The Hall–Kier alpha value is -3.08. The zero-order valence-corrected chi connectivity index (χ0v) is 15.2. The van der Waals surface area contributed by atoms with E-state index in [0.717, 1.165) is 27.6 Å². The van der Waals surface area contributed by atoms with E-state index in [9.17, 15) is 9.59 Å². The van der Waals surface area contributed by atoms with Crippen molar-refractivity contribution in [3.05, 3.63) is 71.4 Å². The van der Waals surface area contributed by atoms with E-state index in [1.54, 1.807) is 0 Å². The smallest absolute Gasteiger partial charge is 0.332 e. The molecule has 0 fully saturated rings. The number of methoxy groups -OCH3 is 1. The molecule has 27 heavy (non-hydrogen) atoms. The van der Waals surface area contributed by atoms with Gasteiger partial charge in [0.2, 0.25) is 5.91 Å². The summed E-state index contributed by atoms with van der Waals surface area (Å²) in [6.45, 7) is 0. The predicted octanol–water partition coefficient (Wildman–Crippen LogP) is 2.93. The zero-order chi connectivity index (χ0) is 18.9. The van der Waals surface area contributed by atoms with Gasteiger partial charge < -0.3 is 15.0 Å². The molecule has 138 valence electrons. The molecular weight excluding hydrogens is 340 g/mol. The van der Waals surface area contributed by atoms with E-state index in [1.807, 2.05) is 54.7 Å². The van der Waals surface area contributed by atoms with Crippen molar-refractivity contribution in [1.82, 2.24) is 10.3 Å². The molecule has 0 saturated carbocycles. The van der Waals surface area contributed by atoms with Crippen LogP contribution in [-0.2, 0) is 33.6 Å². The van der Waals surface area contributed by atoms with Gasteiger partial charge in [0, 0.05) is 36.4 Å². The normalized spacial score (nSPS) is 14.7. The highest BCUT2D eigenvalue weighted by atomic mass is 16.5. The lowest BCUT2D eigenvalue weighted by atomic mass is 9.95. The first-order chi connectivity index (χ1) is 13.1. The van der Waals surface area contributed by atoms with Crippen molar-refractivity contribution in [3.63, 3.8) is 0 Å². The van der Waals surface area contributed by atoms with Crippen LogP contribution in [0.2, 0.25) is 0 Å². The quantitative estimate of drug-likeness (QED) is 0.686. The number of amides is 1. The minimum atomic E-state index is -1.00. The molecule has 5 heteroatoms. The summed E-state index contributed by atoms with van der Waals surface area (Å²) >= 11 is 0. The molecule has 2 aromatic carbocycles. The fourth-order valence-corrected chi connectivity index (χ4v) is 4.01. The van der Waals surface area contributed by atoms with Gasteiger partial charge in [0.1, 0.15) is 5.54 Å². The molecule has 0 unspecified atom stereocenters. The number of aromatic amines is 1. The molecule has 1 heterocycles. The van der Waals surface area contributed by atoms with Crippen molar-refractivity contribution in [2.24, 2.45) is 0 Å². The third kappa shape index (κ3) is 3.21. The minimum absolute atomic E-state index is 0.140. The highest BCUT2D eigenvalue weighted by Crippen LogP contribution is 2.31. The molecule has 1 aliphatic carbocycles. The second-order valence-electron chi connectivity index (χ2n) is 7.10. The van der Waals surface area contributed by atoms with Gasteiger partial charge in [-0.05, 0) is 29.2 Å². The number of rotatable bonds is 5. The molecule has 1 aromatic heterocycles. The van der Waals surface area contributed by atoms with Crippen molar-refractivity contribution in [2.45, 2.75) is 31.2 Å². The topological polar surface area (TPSA) is 71.2 Å². The number of ether oxygens (including phenoxy) is 1. The summed E-state index contributed by atoms with van der Waals surface area (Å²) in [5, 5.41) is 4.10. The standard InChI is InChI=1S/C22H22N2O3/c1-27-21(26)22(12-15-6-2-3-7-16(15)13-22)24-20(25)11-10-17-14-23-19-9-5-4-8-18(17)19/h2-9,14,23H,10-13H2,1H3,(H,24,25). The molecule has 0 saturated heterocycles. The molecule has 0 aliphatic heterocycles. The number of fused-ring (bicyclic) bond motifs is 2. The Morgan fingerprint density at radius 3 is 2.44 bits per heavy atom. The lowest BCUT2D eigenvalue weighted by molar-refractivity contribution is -0.150. The van der Waals surface area contributed by atoms with Crippen LogP contribution in [0.25, 0.3) is 10.9 Å². The predicted molar refractivity (Wildman–Crippen MR) is 103 cm³/mol. The zero-order valence-electron chi connectivity index (χ0n) is 15.2. The minimum Gasteiger partial charge on any atom is -0.467 e. The third-order valence-corrected chi connectivity index (χ3v) is 5.35. The number of hydrogen-bond acceptors (Lipinski definition) is 3. The van der Waals surface area contributed by atoms with E-state index < -0.39 is 5.54 Å². The summed E-state index contributed by atoms with van der Waals surface area (Å²) in [6, 6.07) is 15.9. The van der Waals surface area contributed by atoms with E-state index in [4.69, 9.17) is 4.74 Å². The highest BCUT2D eigenvalue weighted by molar-refractivity contribution is 5.90. The Morgan fingerprint density at radius 1 is 1.07 bits per heavy atom. The Labute approximate surface area is 157 Å². The van der Waals surface area contributed by atoms with Crippen LogP contribution in [0, 0.1) is 0 Å². The second-order valence-corrected chi connectivity index (χ2v) is 7.10. The fraction of sp³-hybridized carbons (Fsp3) is 0.273. The van der Waals surface area contributed by atoms with E-state index in [0.29, 0.717) is 25.7 Å².